The molecule has 1 saturated carbocycles. The average Bonchev–Trinajstić information content (AvgIpc) is 3.67. The number of benzene rings is 2. The number of hydrogen-bond acceptors (Lipinski definition) is 6. The number of nitrogens with zero attached hydrogens (tertiary/aromatic N) is 4. The number of nitrogens with one attached hydrogen (secondary N) is 2. The summed E-state index contributed by atoms with van der Waals surface area (Å²) in [6.45, 7) is 5.44. The van der Waals surface area contributed by atoms with Crippen molar-refractivity contribution >= 4 is 29.3 Å². The van der Waals surface area contributed by atoms with Crippen LogP contribution in [0.5, 0.6) is 0 Å². The van der Waals surface area contributed by atoms with Crippen molar-refractivity contribution < 1.29 is 23.6 Å². The van der Waals surface area contributed by atoms with Gasteiger partial charge in [0.1, 0.15) is 11.9 Å². The molecule has 1 unspecified atom stereocenters. The van der Waals surface area contributed by atoms with Crippen LogP contribution in [0.3, 0.4) is 0 Å². The van der Waals surface area contributed by atoms with Gasteiger partial charge in [-0.05, 0) is 68.4 Å². The first-order valence-electron chi connectivity index (χ1n) is 16.6. The maximum absolute atomic E-state index is 14.0. The van der Waals surface area contributed by atoms with Crippen LogP contribution in [0, 0.1) is 5.82 Å². The topological polar surface area (TPSA) is 117 Å². The summed E-state index contributed by atoms with van der Waals surface area (Å²) in [4.78, 5) is 56.4. The van der Waals surface area contributed by atoms with Crippen molar-refractivity contribution in [3.8, 4) is 0 Å². The predicted molar refractivity (Wildman–Crippen MR) is 173 cm³/mol. The van der Waals surface area contributed by atoms with Gasteiger partial charge >= 0.3 is 0 Å². The molecule has 1 atom stereocenters. The molecule has 3 aromatic rings. The van der Waals surface area contributed by atoms with E-state index in [1.165, 1.54) is 12.1 Å². The Labute approximate surface area is 273 Å². The third-order valence-electron chi connectivity index (χ3n) is 10.4. The molecule has 0 radical (unpaired) electrons. The minimum Gasteiger partial charge on any atom is -0.380 e. The van der Waals surface area contributed by atoms with E-state index in [1.807, 2.05) is 15.8 Å². The predicted octanol–water partition coefficient (Wildman–Crippen LogP) is 5.09. The number of hydrogen-bond donors (Lipinski definition) is 2. The molecule has 11 heteroatoms. The first kappa shape index (κ1) is 30.8. The highest BCUT2D eigenvalue weighted by molar-refractivity contribution is 6.25. The lowest BCUT2D eigenvalue weighted by molar-refractivity contribution is -0.140. The minimum atomic E-state index is -0.864. The number of likely N-dealkylation sites (tertiary alicyclic amines) is 1. The number of imide groups is 1. The highest BCUT2D eigenvalue weighted by Crippen LogP contribution is 2.42. The van der Waals surface area contributed by atoms with Crippen molar-refractivity contribution in [2.24, 2.45) is 0 Å². The summed E-state index contributed by atoms with van der Waals surface area (Å²) in [5.74, 6) is -1.47. The Morgan fingerprint density at radius 3 is 2.47 bits per heavy atom. The van der Waals surface area contributed by atoms with Gasteiger partial charge in [-0.2, -0.15) is 5.10 Å². The number of fused-ring (bicyclic) bond motifs is 1. The molecule has 2 saturated heterocycles. The second-order valence-corrected chi connectivity index (χ2v) is 13.2. The van der Waals surface area contributed by atoms with Crippen molar-refractivity contribution in [2.75, 3.05) is 18.4 Å². The van der Waals surface area contributed by atoms with Crippen LogP contribution in [0.2, 0.25) is 0 Å². The molecule has 3 aliphatic heterocycles. The smallest absolute Gasteiger partial charge is 0.264 e. The van der Waals surface area contributed by atoms with E-state index in [9.17, 15) is 23.6 Å². The van der Waals surface area contributed by atoms with E-state index in [4.69, 9.17) is 0 Å². The van der Waals surface area contributed by atoms with Gasteiger partial charge in [-0.1, -0.05) is 44.0 Å². The van der Waals surface area contributed by atoms with Crippen LogP contribution in [0.25, 0.3) is 0 Å². The van der Waals surface area contributed by atoms with Gasteiger partial charge in [-0.15, -0.1) is 0 Å². The molecule has 47 heavy (non-hydrogen) atoms. The summed E-state index contributed by atoms with van der Waals surface area (Å²) < 4.78 is 15.7. The third-order valence-corrected chi connectivity index (χ3v) is 10.4. The third kappa shape index (κ3) is 5.61. The highest BCUT2D eigenvalue weighted by Gasteiger charge is 2.46. The molecule has 1 aliphatic carbocycles. The van der Waals surface area contributed by atoms with E-state index in [2.05, 4.69) is 22.3 Å². The van der Waals surface area contributed by atoms with Crippen molar-refractivity contribution in [2.45, 2.75) is 81.8 Å². The summed E-state index contributed by atoms with van der Waals surface area (Å²) in [6, 6.07) is 10.9. The van der Waals surface area contributed by atoms with Gasteiger partial charge in [0.2, 0.25) is 11.8 Å². The van der Waals surface area contributed by atoms with Crippen molar-refractivity contribution in [3.63, 3.8) is 0 Å². The number of amides is 4. The molecule has 0 bridgehead atoms. The van der Waals surface area contributed by atoms with Gasteiger partial charge in [0.25, 0.3) is 11.8 Å². The molecule has 4 amide bonds. The maximum Gasteiger partial charge on any atom is 0.264 e. The van der Waals surface area contributed by atoms with Crippen molar-refractivity contribution in [1.29, 1.82) is 0 Å². The van der Waals surface area contributed by atoms with Crippen LogP contribution < -0.4 is 10.6 Å². The van der Waals surface area contributed by atoms with Crippen LogP contribution in [-0.2, 0) is 21.5 Å². The molecule has 7 rings (SSSR count). The minimum absolute atomic E-state index is 0.146. The van der Waals surface area contributed by atoms with Crippen LogP contribution in [-0.4, -0.2) is 62.3 Å². The summed E-state index contributed by atoms with van der Waals surface area (Å²) >= 11 is 0. The summed E-state index contributed by atoms with van der Waals surface area (Å²) in [5, 5.41) is 10.6. The number of carbonyl (C=O) groups excluding carboxylic acids is 4. The Morgan fingerprint density at radius 1 is 1.00 bits per heavy atom. The Morgan fingerprint density at radius 2 is 1.74 bits per heavy atom. The molecule has 2 N–H and O–H groups in total. The van der Waals surface area contributed by atoms with Gasteiger partial charge in [-0.3, -0.25) is 28.8 Å². The molecule has 3 fully saturated rings. The average molecular weight is 639 g/mol. The lowest BCUT2D eigenvalue weighted by atomic mass is 9.68. The number of halogens is 1. The standard InChI is InChI=1S/C36H39FN6O4/c1-23-8-13-30(32(44)40-23)43-33(45)28-6-5-7-29(31(28)34(43)46)38-20-24-21-39-42(22-24)27-14-18-41(19-15-27)35(47)36(16-3-2-4-17-36)25-9-11-26(37)12-10-25/h5-7,9-12,21-22,27,30,38H,1-4,8,13-20H2,(H,40,44). The van der Waals surface area contributed by atoms with Crippen LogP contribution >= 0.6 is 0 Å². The molecular formula is C36H39FN6O4. The zero-order chi connectivity index (χ0) is 32.7. The Hall–Kier alpha value is -4.80. The maximum atomic E-state index is 14.0. The van der Waals surface area contributed by atoms with Crippen molar-refractivity contribution in [1.82, 2.24) is 24.9 Å². The van der Waals surface area contributed by atoms with E-state index >= 15 is 0 Å². The summed E-state index contributed by atoms with van der Waals surface area (Å²) in [7, 11) is 0. The highest BCUT2D eigenvalue weighted by atomic mass is 19.1. The number of piperidine rings is 2. The van der Waals surface area contributed by atoms with Gasteiger partial charge in [0.05, 0.1) is 28.8 Å². The quantitative estimate of drug-likeness (QED) is 0.349. The van der Waals surface area contributed by atoms with Crippen LogP contribution in [0.4, 0.5) is 10.1 Å². The fourth-order valence-corrected chi connectivity index (χ4v) is 7.79. The van der Waals surface area contributed by atoms with E-state index in [0.717, 1.165) is 61.0 Å². The number of rotatable bonds is 7. The number of allylic oxidation sites excluding steroid dienone is 1. The van der Waals surface area contributed by atoms with Gasteiger partial charge in [-0.25, -0.2) is 4.39 Å². The van der Waals surface area contributed by atoms with E-state index in [-0.39, 0.29) is 28.9 Å². The summed E-state index contributed by atoms with van der Waals surface area (Å²) in [6.07, 6.45) is 10.9. The van der Waals surface area contributed by atoms with E-state index < -0.39 is 29.2 Å². The Balaban J connectivity index is 0.987. The molecule has 2 aromatic carbocycles. The van der Waals surface area contributed by atoms with Crippen molar-refractivity contribution in [3.05, 3.63) is 95.2 Å². The number of carbonyl (C=O) groups is 4. The van der Waals surface area contributed by atoms with Gasteiger partial charge < -0.3 is 15.5 Å². The first-order valence-corrected chi connectivity index (χ1v) is 16.6. The van der Waals surface area contributed by atoms with Gasteiger partial charge in [0, 0.05) is 42.8 Å². The molecule has 0 spiro atoms. The largest absolute Gasteiger partial charge is 0.380 e. The zero-order valence-corrected chi connectivity index (χ0v) is 26.3. The molecule has 1 aromatic heterocycles. The molecule has 4 aliphatic rings. The normalized spacial score (nSPS) is 21.5. The summed E-state index contributed by atoms with van der Waals surface area (Å²) in [5.41, 5.74) is 2.92. The molecule has 4 heterocycles. The fraction of sp³-hybridized carbons (Fsp3) is 0.417. The molecule has 10 nitrogen and oxygen atoms in total. The molecule has 244 valence electrons. The molecular weight excluding hydrogens is 599 g/mol. The lowest BCUT2D eigenvalue weighted by Gasteiger charge is -2.42. The second-order valence-electron chi connectivity index (χ2n) is 13.2. The zero-order valence-electron chi connectivity index (χ0n) is 26.3. The van der Waals surface area contributed by atoms with Gasteiger partial charge in [0.15, 0.2) is 0 Å². The van der Waals surface area contributed by atoms with E-state index in [0.29, 0.717) is 43.9 Å². The lowest BCUT2D eigenvalue weighted by Crippen LogP contribution is -2.51. The van der Waals surface area contributed by atoms with Crippen LogP contribution in [0.15, 0.2) is 67.1 Å². The number of anilines is 1. The van der Waals surface area contributed by atoms with Crippen LogP contribution in [0.1, 0.15) is 95.7 Å². The fourth-order valence-electron chi connectivity index (χ4n) is 7.79. The SMILES string of the molecule is C=C1CCC(N2C(=O)c3cccc(NCc4cnn(C5CCN(C(=O)C6(c7ccc(F)cc7)CCCCC6)CC5)c4)c3C2=O)C(=O)N1. The number of aromatic nitrogens is 2. The second kappa shape index (κ2) is 12.4. The Bertz CT molecular complexity index is 1740. The first-order chi connectivity index (χ1) is 22.7. The monoisotopic (exact) mass is 638 g/mol. The Kier molecular flexibility index (Phi) is 8.15. The van der Waals surface area contributed by atoms with E-state index in [1.54, 1.807) is 36.5 Å².